The zero-order valence-corrected chi connectivity index (χ0v) is 17.5. The van der Waals surface area contributed by atoms with Crippen molar-refractivity contribution in [1.82, 2.24) is 19.5 Å². The number of anilines is 1. The van der Waals surface area contributed by atoms with E-state index in [9.17, 15) is 13.4 Å². The van der Waals surface area contributed by atoms with E-state index >= 15 is 0 Å². The minimum atomic E-state index is -3.80. The van der Waals surface area contributed by atoms with Gasteiger partial charge >= 0.3 is 6.03 Å². The Morgan fingerprint density at radius 3 is 2.67 bits per heavy atom. The summed E-state index contributed by atoms with van der Waals surface area (Å²) in [5.41, 5.74) is 2.84. The van der Waals surface area contributed by atoms with E-state index in [1.54, 1.807) is 31.6 Å². The number of benzene rings is 1. The number of amides is 2. The van der Waals surface area contributed by atoms with E-state index in [0.29, 0.717) is 40.8 Å². The molecule has 30 heavy (non-hydrogen) atoms. The largest absolute Gasteiger partial charge is 0.332 e. The van der Waals surface area contributed by atoms with Gasteiger partial charge in [-0.05, 0) is 54.2 Å². The van der Waals surface area contributed by atoms with Gasteiger partial charge < -0.3 is 5.32 Å². The van der Waals surface area contributed by atoms with Crippen molar-refractivity contribution in [2.24, 2.45) is 7.05 Å². The van der Waals surface area contributed by atoms with Crippen LogP contribution in [0.4, 0.5) is 14.9 Å². The summed E-state index contributed by atoms with van der Waals surface area (Å²) in [7, 11) is -2.24. The van der Waals surface area contributed by atoms with Crippen LogP contribution in [0, 0.1) is 10.6 Å². The highest BCUT2D eigenvalue weighted by Gasteiger charge is 2.26. The standard InChI is InChI=1S/C19H18ClFN6O2S/c1-27-10-15(20)18(25-27)30(22,29)26-19(28)24-17-13-4-2-3-12(13)16(21)9-14(17)11-5-7-23-8-6-11/h5-10H,2-4H2,1H3,(H3,22,24,26,28,29). The summed E-state index contributed by atoms with van der Waals surface area (Å²) in [4.78, 5) is 16.7. The van der Waals surface area contributed by atoms with Crippen LogP contribution in [-0.2, 0) is 29.8 Å². The van der Waals surface area contributed by atoms with Crippen molar-refractivity contribution in [1.29, 1.82) is 4.78 Å². The number of pyridine rings is 1. The summed E-state index contributed by atoms with van der Waals surface area (Å²) < 4.78 is 38.9. The van der Waals surface area contributed by atoms with Crippen LogP contribution in [0.15, 0.2) is 41.8 Å². The number of halogens is 2. The fourth-order valence-corrected chi connectivity index (χ4v) is 5.07. The van der Waals surface area contributed by atoms with Gasteiger partial charge in [0.1, 0.15) is 5.82 Å². The van der Waals surface area contributed by atoms with Crippen molar-refractivity contribution in [2.75, 3.05) is 5.32 Å². The van der Waals surface area contributed by atoms with Crippen molar-refractivity contribution in [3.63, 3.8) is 0 Å². The summed E-state index contributed by atoms with van der Waals surface area (Å²) in [6.45, 7) is 0. The lowest BCUT2D eigenvalue weighted by Crippen LogP contribution is -2.34. The molecule has 0 radical (unpaired) electrons. The van der Waals surface area contributed by atoms with E-state index in [0.717, 1.165) is 6.42 Å². The highest BCUT2D eigenvalue weighted by molar-refractivity contribution is 7.91. The van der Waals surface area contributed by atoms with Crippen molar-refractivity contribution in [3.05, 3.63) is 58.8 Å². The van der Waals surface area contributed by atoms with Crippen molar-refractivity contribution >= 4 is 33.2 Å². The van der Waals surface area contributed by atoms with Gasteiger partial charge in [0.15, 0.2) is 14.9 Å². The van der Waals surface area contributed by atoms with Crippen molar-refractivity contribution < 1.29 is 13.4 Å². The number of rotatable bonds is 4. The van der Waals surface area contributed by atoms with E-state index in [4.69, 9.17) is 16.4 Å². The molecular formula is C19H18ClFN6O2S. The quantitative estimate of drug-likeness (QED) is 0.561. The number of nitrogens with zero attached hydrogens (tertiary/aromatic N) is 3. The number of nitrogens with one attached hydrogen (secondary N) is 3. The van der Waals surface area contributed by atoms with E-state index < -0.39 is 15.9 Å². The Bertz CT molecular complexity index is 1240. The highest BCUT2D eigenvalue weighted by Crippen LogP contribution is 2.39. The molecule has 8 nitrogen and oxygen atoms in total. The number of hydrogen-bond acceptors (Lipinski definition) is 5. The predicted octanol–water partition coefficient (Wildman–Crippen LogP) is 3.91. The van der Waals surface area contributed by atoms with E-state index in [2.05, 4.69) is 20.1 Å². The maximum Gasteiger partial charge on any atom is 0.332 e. The molecule has 1 aliphatic carbocycles. The second-order valence-corrected chi connectivity index (χ2v) is 9.01. The molecule has 3 aromatic rings. The van der Waals surface area contributed by atoms with Crippen LogP contribution >= 0.6 is 11.6 Å². The maximum atomic E-state index is 14.6. The molecule has 3 N–H and O–H groups in total. The first-order chi connectivity index (χ1) is 14.3. The molecule has 1 atom stereocenters. The molecule has 1 aromatic carbocycles. The zero-order valence-electron chi connectivity index (χ0n) is 15.9. The molecule has 2 amide bonds. The minimum Gasteiger partial charge on any atom is -0.306 e. The molecule has 0 bridgehead atoms. The third-order valence-electron chi connectivity index (χ3n) is 4.84. The van der Waals surface area contributed by atoms with Crippen LogP contribution in [-0.4, -0.2) is 25.0 Å². The monoisotopic (exact) mass is 448 g/mol. The first-order valence-corrected chi connectivity index (χ1v) is 11.0. The molecule has 0 saturated carbocycles. The Kier molecular flexibility index (Phi) is 5.20. The number of urea groups is 1. The zero-order chi connectivity index (χ0) is 21.5. The van der Waals surface area contributed by atoms with Gasteiger partial charge in [0.2, 0.25) is 0 Å². The van der Waals surface area contributed by atoms with Crippen LogP contribution in [0.2, 0.25) is 5.02 Å². The van der Waals surface area contributed by atoms with E-state index in [-0.39, 0.29) is 15.9 Å². The average molecular weight is 449 g/mol. The first-order valence-electron chi connectivity index (χ1n) is 9.07. The average Bonchev–Trinajstić information content (AvgIpc) is 3.31. The molecule has 0 aliphatic heterocycles. The fourth-order valence-electron chi connectivity index (χ4n) is 3.59. The molecular weight excluding hydrogens is 431 g/mol. The maximum absolute atomic E-state index is 14.6. The van der Waals surface area contributed by atoms with Crippen LogP contribution < -0.4 is 10.0 Å². The molecule has 0 spiro atoms. The van der Waals surface area contributed by atoms with Gasteiger partial charge in [0.05, 0.1) is 10.7 Å². The molecule has 11 heteroatoms. The Balaban J connectivity index is 1.70. The van der Waals surface area contributed by atoms with Crippen molar-refractivity contribution in [3.8, 4) is 11.1 Å². The van der Waals surface area contributed by atoms with Crippen LogP contribution in [0.5, 0.6) is 0 Å². The first kappa shape index (κ1) is 20.3. The summed E-state index contributed by atoms with van der Waals surface area (Å²) in [5.74, 6) is -0.329. The number of aryl methyl sites for hydroxylation is 1. The summed E-state index contributed by atoms with van der Waals surface area (Å²) >= 11 is 5.97. The van der Waals surface area contributed by atoms with Gasteiger partial charge in [-0.1, -0.05) is 11.6 Å². The second-order valence-electron chi connectivity index (χ2n) is 6.90. The SMILES string of the molecule is Cn1cc(Cl)c(S(=N)(=O)NC(=O)Nc2c(-c3ccncc3)cc(F)c3c2CCC3)n1. The Labute approximate surface area is 177 Å². The van der Waals surface area contributed by atoms with Gasteiger partial charge in [0, 0.05) is 31.2 Å². The molecule has 0 saturated heterocycles. The molecule has 156 valence electrons. The second kappa shape index (κ2) is 7.69. The number of hydrogen-bond donors (Lipinski definition) is 3. The van der Waals surface area contributed by atoms with Gasteiger partial charge in [-0.2, -0.15) is 5.10 Å². The van der Waals surface area contributed by atoms with Gasteiger partial charge in [-0.15, -0.1) is 0 Å². The molecule has 2 aromatic heterocycles. The number of fused-ring (bicyclic) bond motifs is 1. The number of aromatic nitrogens is 3. The van der Waals surface area contributed by atoms with Crippen LogP contribution in [0.1, 0.15) is 17.5 Å². The highest BCUT2D eigenvalue weighted by atomic mass is 35.5. The lowest BCUT2D eigenvalue weighted by Gasteiger charge is -2.17. The lowest BCUT2D eigenvalue weighted by molar-refractivity contribution is 0.256. The molecule has 0 fully saturated rings. The normalized spacial score (nSPS) is 14.8. The van der Waals surface area contributed by atoms with Crippen LogP contribution in [0.25, 0.3) is 11.1 Å². The lowest BCUT2D eigenvalue weighted by atomic mass is 9.97. The third-order valence-corrected chi connectivity index (χ3v) is 6.55. The summed E-state index contributed by atoms with van der Waals surface area (Å²) in [6.07, 6.45) is 6.48. The minimum absolute atomic E-state index is 0.0120. The summed E-state index contributed by atoms with van der Waals surface area (Å²) in [5, 5.41) is 6.35. The van der Waals surface area contributed by atoms with Gasteiger partial charge in [-0.3, -0.25) is 9.67 Å². The molecule has 1 aliphatic rings. The van der Waals surface area contributed by atoms with E-state index in [1.807, 2.05) is 0 Å². The molecule has 1 unspecified atom stereocenters. The summed E-state index contributed by atoms with van der Waals surface area (Å²) in [6, 6.07) is 3.93. The Morgan fingerprint density at radius 2 is 2.00 bits per heavy atom. The van der Waals surface area contributed by atoms with Crippen LogP contribution in [0.3, 0.4) is 0 Å². The Morgan fingerprint density at radius 1 is 1.30 bits per heavy atom. The number of carbonyl (C=O) groups excluding carboxylic acids is 1. The fraction of sp³-hybridized carbons (Fsp3) is 0.211. The van der Waals surface area contributed by atoms with Crippen molar-refractivity contribution in [2.45, 2.75) is 24.3 Å². The molecule has 2 heterocycles. The Hall–Kier alpha value is -2.98. The molecule has 4 rings (SSSR count). The topological polar surface area (TPSA) is 113 Å². The van der Waals surface area contributed by atoms with Gasteiger partial charge in [-0.25, -0.2) is 22.9 Å². The predicted molar refractivity (Wildman–Crippen MR) is 111 cm³/mol. The van der Waals surface area contributed by atoms with E-state index in [1.165, 1.54) is 16.9 Å². The van der Waals surface area contributed by atoms with Gasteiger partial charge in [0.25, 0.3) is 0 Å². The smallest absolute Gasteiger partial charge is 0.306 e. The third kappa shape index (κ3) is 3.75. The number of carbonyl (C=O) groups is 1.